The van der Waals surface area contributed by atoms with Gasteiger partial charge in [0.25, 0.3) is 0 Å². The number of rotatable bonds is 7. The number of carboxylic acid groups (broad SMARTS) is 1. The molecule has 0 radical (unpaired) electrons. The summed E-state index contributed by atoms with van der Waals surface area (Å²) in [6.07, 6.45) is 6.53. The van der Waals surface area contributed by atoms with E-state index in [-0.39, 0.29) is 18.0 Å². The molecule has 1 aliphatic heterocycles. The third-order valence-electron chi connectivity index (χ3n) is 7.20. The van der Waals surface area contributed by atoms with Crippen LogP contribution in [-0.2, 0) is 31.4 Å². The van der Waals surface area contributed by atoms with Crippen LogP contribution in [0.1, 0.15) is 54.1 Å². The van der Waals surface area contributed by atoms with E-state index in [1.54, 1.807) is 4.68 Å². The van der Waals surface area contributed by atoms with Gasteiger partial charge in [0, 0.05) is 36.3 Å². The summed E-state index contributed by atoms with van der Waals surface area (Å²) in [6.45, 7) is 1.20. The number of carbonyl (C=O) groups is 1. The molecule has 3 unspecified atom stereocenters. The van der Waals surface area contributed by atoms with Gasteiger partial charge in [0.2, 0.25) is 0 Å². The van der Waals surface area contributed by atoms with Crippen molar-refractivity contribution in [2.75, 3.05) is 0 Å². The molecule has 1 N–H and O–H groups in total. The first-order valence-corrected chi connectivity index (χ1v) is 12.7. The Kier molecular flexibility index (Phi) is 6.75. The van der Waals surface area contributed by atoms with E-state index in [9.17, 15) is 9.90 Å². The second kappa shape index (κ2) is 9.92. The Morgan fingerprint density at radius 1 is 1.15 bits per heavy atom. The quantitative estimate of drug-likeness (QED) is 0.442. The molecule has 34 heavy (non-hydrogen) atoms. The highest BCUT2D eigenvalue weighted by atomic mass is 79.9. The molecular weight excluding hydrogens is 494 g/mol. The van der Waals surface area contributed by atoms with Crippen LogP contribution in [0.25, 0.3) is 0 Å². The standard InChI is InChI=1S/C27H30BrN3O3/c1-30-13-12-21(29-30)17-34-22-11-8-19-16-31(25-5-3-2-4-23(25)27(32)33)26(24(19)15-22)14-18-6-9-20(28)10-7-18/h6-13,15,23,25-26H,2-5,14,16-17H2,1H3,(H,32,33). The Labute approximate surface area is 208 Å². The zero-order chi connectivity index (χ0) is 23.7. The van der Waals surface area contributed by atoms with Crippen LogP contribution in [0.5, 0.6) is 5.75 Å². The van der Waals surface area contributed by atoms with Gasteiger partial charge in [-0.25, -0.2) is 0 Å². The lowest BCUT2D eigenvalue weighted by Crippen LogP contribution is -2.45. The molecule has 7 heteroatoms. The van der Waals surface area contributed by atoms with Crippen molar-refractivity contribution in [3.05, 3.63) is 81.6 Å². The van der Waals surface area contributed by atoms with Gasteiger partial charge in [-0.2, -0.15) is 5.10 Å². The van der Waals surface area contributed by atoms with Crippen molar-refractivity contribution in [3.63, 3.8) is 0 Å². The number of fused-ring (bicyclic) bond motifs is 1. The molecule has 2 aliphatic rings. The first-order chi connectivity index (χ1) is 16.5. The molecule has 0 amide bonds. The van der Waals surface area contributed by atoms with E-state index in [4.69, 9.17) is 4.74 Å². The van der Waals surface area contributed by atoms with Crippen LogP contribution in [-0.4, -0.2) is 31.8 Å². The number of carboxylic acids is 1. The van der Waals surface area contributed by atoms with Crippen molar-refractivity contribution in [2.45, 2.75) is 57.3 Å². The van der Waals surface area contributed by atoms with E-state index in [1.165, 1.54) is 16.7 Å². The third-order valence-corrected chi connectivity index (χ3v) is 7.73. The Hall–Kier alpha value is -2.64. The van der Waals surface area contributed by atoms with Crippen molar-refractivity contribution >= 4 is 21.9 Å². The molecule has 178 valence electrons. The lowest BCUT2D eigenvalue weighted by atomic mass is 9.82. The Bertz CT molecular complexity index is 1160. The van der Waals surface area contributed by atoms with Gasteiger partial charge in [0.15, 0.2) is 0 Å². The Balaban J connectivity index is 1.44. The summed E-state index contributed by atoms with van der Waals surface area (Å²) < 4.78 is 8.92. The highest BCUT2D eigenvalue weighted by Gasteiger charge is 2.41. The van der Waals surface area contributed by atoms with E-state index in [0.29, 0.717) is 6.61 Å². The van der Waals surface area contributed by atoms with E-state index >= 15 is 0 Å². The van der Waals surface area contributed by atoms with Crippen molar-refractivity contribution in [1.82, 2.24) is 14.7 Å². The minimum Gasteiger partial charge on any atom is -0.487 e. The monoisotopic (exact) mass is 523 g/mol. The maximum atomic E-state index is 12.1. The predicted octanol–water partition coefficient (Wildman–Crippen LogP) is 5.50. The van der Waals surface area contributed by atoms with Crippen LogP contribution in [0.3, 0.4) is 0 Å². The predicted molar refractivity (Wildman–Crippen MR) is 133 cm³/mol. The van der Waals surface area contributed by atoms with Crippen LogP contribution < -0.4 is 4.74 Å². The van der Waals surface area contributed by atoms with Crippen molar-refractivity contribution in [2.24, 2.45) is 13.0 Å². The number of hydrogen-bond donors (Lipinski definition) is 1. The molecule has 0 spiro atoms. The highest BCUT2D eigenvalue weighted by Crippen LogP contribution is 2.43. The van der Waals surface area contributed by atoms with Gasteiger partial charge in [-0.05, 0) is 66.3 Å². The first-order valence-electron chi connectivity index (χ1n) is 11.9. The van der Waals surface area contributed by atoms with Gasteiger partial charge in [-0.3, -0.25) is 14.4 Å². The summed E-state index contributed by atoms with van der Waals surface area (Å²) in [5, 5.41) is 14.4. The molecular formula is C27H30BrN3O3. The SMILES string of the molecule is Cn1ccc(COc2ccc3c(c2)C(Cc2ccc(Br)cc2)N(C2CCCCC2C(=O)O)C3)n1. The molecule has 0 saturated heterocycles. The minimum atomic E-state index is -0.664. The number of aromatic nitrogens is 2. The summed E-state index contributed by atoms with van der Waals surface area (Å²) in [7, 11) is 1.90. The fourth-order valence-electron chi connectivity index (χ4n) is 5.52. The van der Waals surface area contributed by atoms with Crippen LogP contribution in [0.15, 0.2) is 59.2 Å². The third kappa shape index (κ3) is 4.91. The molecule has 3 atom stereocenters. The highest BCUT2D eigenvalue weighted by molar-refractivity contribution is 9.10. The molecule has 5 rings (SSSR count). The number of aliphatic carboxylic acids is 1. The summed E-state index contributed by atoms with van der Waals surface area (Å²) in [4.78, 5) is 14.6. The Morgan fingerprint density at radius 2 is 1.94 bits per heavy atom. The number of benzene rings is 2. The second-order valence-electron chi connectivity index (χ2n) is 9.45. The molecule has 6 nitrogen and oxygen atoms in total. The molecule has 0 bridgehead atoms. The van der Waals surface area contributed by atoms with Gasteiger partial charge in [-0.1, -0.05) is 47.0 Å². The summed E-state index contributed by atoms with van der Waals surface area (Å²) in [5.41, 5.74) is 4.65. The second-order valence-corrected chi connectivity index (χ2v) is 10.4. The zero-order valence-electron chi connectivity index (χ0n) is 19.4. The molecule has 1 saturated carbocycles. The fraction of sp³-hybridized carbons (Fsp3) is 0.407. The van der Waals surface area contributed by atoms with Gasteiger partial charge >= 0.3 is 5.97 Å². The maximum Gasteiger partial charge on any atom is 0.308 e. The van der Waals surface area contributed by atoms with E-state index < -0.39 is 5.97 Å². The van der Waals surface area contributed by atoms with Gasteiger partial charge < -0.3 is 9.84 Å². The Morgan fingerprint density at radius 3 is 2.68 bits per heavy atom. The molecule has 3 aromatic rings. The largest absolute Gasteiger partial charge is 0.487 e. The molecule has 1 aromatic heterocycles. The average molecular weight is 524 g/mol. The van der Waals surface area contributed by atoms with Crippen molar-refractivity contribution in [3.8, 4) is 5.75 Å². The number of ether oxygens (including phenoxy) is 1. The average Bonchev–Trinajstić information content (AvgIpc) is 3.42. The zero-order valence-corrected chi connectivity index (χ0v) is 20.9. The molecule has 2 heterocycles. The normalized spacial score (nSPS) is 22.5. The topological polar surface area (TPSA) is 67.6 Å². The van der Waals surface area contributed by atoms with Crippen LogP contribution >= 0.6 is 15.9 Å². The van der Waals surface area contributed by atoms with Gasteiger partial charge in [-0.15, -0.1) is 0 Å². The fourth-order valence-corrected chi connectivity index (χ4v) is 5.78. The van der Waals surface area contributed by atoms with E-state index in [1.807, 2.05) is 25.4 Å². The lowest BCUT2D eigenvalue weighted by molar-refractivity contribution is -0.146. The van der Waals surface area contributed by atoms with E-state index in [2.05, 4.69) is 62.3 Å². The molecule has 1 aliphatic carbocycles. The first kappa shape index (κ1) is 23.1. The smallest absolute Gasteiger partial charge is 0.308 e. The summed E-state index contributed by atoms with van der Waals surface area (Å²) >= 11 is 3.53. The van der Waals surface area contributed by atoms with Crippen molar-refractivity contribution < 1.29 is 14.6 Å². The number of halogens is 1. The van der Waals surface area contributed by atoms with Crippen LogP contribution in [0, 0.1) is 5.92 Å². The number of aryl methyl sites for hydroxylation is 1. The summed E-state index contributed by atoms with van der Waals surface area (Å²) in [5.74, 6) is -0.150. The lowest BCUT2D eigenvalue weighted by Gasteiger charge is -2.39. The van der Waals surface area contributed by atoms with Crippen LogP contribution in [0.2, 0.25) is 0 Å². The van der Waals surface area contributed by atoms with Crippen LogP contribution in [0.4, 0.5) is 0 Å². The minimum absolute atomic E-state index is 0.0528. The summed E-state index contributed by atoms with van der Waals surface area (Å²) in [6, 6.07) is 16.9. The van der Waals surface area contributed by atoms with Gasteiger partial charge in [0.05, 0.1) is 11.6 Å². The van der Waals surface area contributed by atoms with E-state index in [0.717, 1.165) is 54.6 Å². The number of hydrogen-bond acceptors (Lipinski definition) is 4. The van der Waals surface area contributed by atoms with Gasteiger partial charge in [0.1, 0.15) is 12.4 Å². The maximum absolute atomic E-state index is 12.1. The molecule has 2 aromatic carbocycles. The number of nitrogens with zero attached hydrogens (tertiary/aromatic N) is 3. The molecule has 1 fully saturated rings. The van der Waals surface area contributed by atoms with Crippen molar-refractivity contribution in [1.29, 1.82) is 0 Å².